The minimum atomic E-state index is 0.344. The maximum atomic E-state index is 4.98. The summed E-state index contributed by atoms with van der Waals surface area (Å²) in [6, 6.07) is 0.344. The third-order valence-electron chi connectivity index (χ3n) is 1.95. The molecular weight excluding hydrogens is 152 g/mol. The third kappa shape index (κ3) is 2.08. The largest absolute Gasteiger partial charge is 0.361 e. The summed E-state index contributed by atoms with van der Waals surface area (Å²) in [6.07, 6.45) is 2.93. The van der Waals surface area contributed by atoms with Gasteiger partial charge in [-0.3, -0.25) is 0 Å². The van der Waals surface area contributed by atoms with Gasteiger partial charge in [0.2, 0.25) is 0 Å². The number of hydrogen-bond donors (Lipinski definition) is 1. The highest BCUT2D eigenvalue weighted by molar-refractivity contribution is 5.15. The van der Waals surface area contributed by atoms with E-state index in [4.69, 9.17) is 4.52 Å². The van der Waals surface area contributed by atoms with E-state index >= 15 is 0 Å². The number of aryl methyl sites for hydroxylation is 1. The zero-order valence-corrected chi connectivity index (χ0v) is 7.92. The van der Waals surface area contributed by atoms with Crippen LogP contribution in [0.5, 0.6) is 0 Å². The van der Waals surface area contributed by atoms with Gasteiger partial charge >= 0.3 is 0 Å². The molecule has 1 aromatic rings. The lowest BCUT2D eigenvalue weighted by Gasteiger charge is -2.10. The van der Waals surface area contributed by atoms with Gasteiger partial charge in [0.1, 0.15) is 5.76 Å². The molecule has 0 spiro atoms. The van der Waals surface area contributed by atoms with Crippen molar-refractivity contribution in [2.24, 2.45) is 0 Å². The van der Waals surface area contributed by atoms with Crippen molar-refractivity contribution in [2.75, 3.05) is 6.54 Å². The van der Waals surface area contributed by atoms with Crippen LogP contribution in [0.4, 0.5) is 0 Å². The number of rotatable bonds is 4. The van der Waals surface area contributed by atoms with Crippen molar-refractivity contribution < 1.29 is 4.52 Å². The molecule has 1 atom stereocenters. The van der Waals surface area contributed by atoms with Gasteiger partial charge in [-0.2, -0.15) is 0 Å². The predicted molar refractivity (Wildman–Crippen MR) is 47.9 cm³/mol. The molecule has 0 aliphatic carbocycles. The number of aromatic nitrogens is 1. The molecule has 1 rings (SSSR count). The number of hydrogen-bond acceptors (Lipinski definition) is 3. The second kappa shape index (κ2) is 4.26. The lowest BCUT2D eigenvalue weighted by molar-refractivity contribution is 0.394. The van der Waals surface area contributed by atoms with Gasteiger partial charge < -0.3 is 9.84 Å². The van der Waals surface area contributed by atoms with Crippen LogP contribution in [-0.2, 0) is 0 Å². The summed E-state index contributed by atoms with van der Waals surface area (Å²) in [5.74, 6) is 0.908. The van der Waals surface area contributed by atoms with Crippen molar-refractivity contribution in [1.82, 2.24) is 10.5 Å². The first kappa shape index (κ1) is 9.26. The quantitative estimate of drug-likeness (QED) is 0.747. The minimum absolute atomic E-state index is 0.344. The molecule has 1 heterocycles. The highest BCUT2D eigenvalue weighted by atomic mass is 16.5. The molecule has 0 bridgehead atoms. The van der Waals surface area contributed by atoms with E-state index in [2.05, 4.69) is 24.3 Å². The van der Waals surface area contributed by atoms with Gasteiger partial charge in [-0.25, -0.2) is 0 Å². The zero-order chi connectivity index (χ0) is 8.97. The summed E-state index contributed by atoms with van der Waals surface area (Å²) in [7, 11) is 0. The molecular formula is C9H16N2O. The van der Waals surface area contributed by atoms with E-state index in [1.54, 1.807) is 6.20 Å². The van der Waals surface area contributed by atoms with Gasteiger partial charge in [-0.05, 0) is 26.8 Å². The highest BCUT2D eigenvalue weighted by Crippen LogP contribution is 2.15. The maximum absolute atomic E-state index is 4.98. The van der Waals surface area contributed by atoms with E-state index in [0.717, 1.165) is 24.3 Å². The van der Waals surface area contributed by atoms with E-state index in [1.807, 2.05) is 6.92 Å². The maximum Gasteiger partial charge on any atom is 0.138 e. The fourth-order valence-electron chi connectivity index (χ4n) is 1.19. The van der Waals surface area contributed by atoms with Gasteiger partial charge in [0.05, 0.1) is 6.20 Å². The SMILES string of the molecule is CCCNC(C)c1cnoc1C. The van der Waals surface area contributed by atoms with E-state index in [-0.39, 0.29) is 0 Å². The highest BCUT2D eigenvalue weighted by Gasteiger charge is 2.09. The molecule has 68 valence electrons. The molecule has 0 fully saturated rings. The molecule has 0 aliphatic heterocycles. The number of nitrogens with one attached hydrogen (secondary N) is 1. The molecule has 0 aromatic carbocycles. The molecule has 1 aromatic heterocycles. The van der Waals surface area contributed by atoms with E-state index in [0.29, 0.717) is 6.04 Å². The molecule has 0 saturated carbocycles. The third-order valence-corrected chi connectivity index (χ3v) is 1.95. The Morgan fingerprint density at radius 3 is 2.92 bits per heavy atom. The first-order valence-electron chi connectivity index (χ1n) is 4.40. The van der Waals surface area contributed by atoms with Crippen molar-refractivity contribution >= 4 is 0 Å². The van der Waals surface area contributed by atoms with Gasteiger partial charge in [0.25, 0.3) is 0 Å². The van der Waals surface area contributed by atoms with Crippen LogP contribution >= 0.6 is 0 Å². The smallest absolute Gasteiger partial charge is 0.138 e. The Morgan fingerprint density at radius 2 is 2.42 bits per heavy atom. The Bertz CT molecular complexity index is 232. The van der Waals surface area contributed by atoms with Gasteiger partial charge in [0.15, 0.2) is 0 Å². The fraction of sp³-hybridized carbons (Fsp3) is 0.667. The fourth-order valence-corrected chi connectivity index (χ4v) is 1.19. The van der Waals surface area contributed by atoms with Crippen LogP contribution in [0.2, 0.25) is 0 Å². The Hall–Kier alpha value is -0.830. The molecule has 3 nitrogen and oxygen atoms in total. The zero-order valence-electron chi connectivity index (χ0n) is 7.92. The van der Waals surface area contributed by atoms with Crippen LogP contribution in [0, 0.1) is 6.92 Å². The second-order valence-electron chi connectivity index (χ2n) is 3.01. The molecule has 0 saturated heterocycles. The van der Waals surface area contributed by atoms with Crippen LogP contribution in [0.3, 0.4) is 0 Å². The lowest BCUT2D eigenvalue weighted by atomic mass is 10.1. The monoisotopic (exact) mass is 168 g/mol. The van der Waals surface area contributed by atoms with Crippen molar-refractivity contribution in [1.29, 1.82) is 0 Å². The summed E-state index contributed by atoms with van der Waals surface area (Å²) in [5, 5.41) is 7.11. The molecule has 12 heavy (non-hydrogen) atoms. The van der Waals surface area contributed by atoms with Crippen LogP contribution < -0.4 is 5.32 Å². The van der Waals surface area contributed by atoms with Crippen molar-refractivity contribution in [3.63, 3.8) is 0 Å². The van der Waals surface area contributed by atoms with E-state index < -0.39 is 0 Å². The molecule has 0 radical (unpaired) electrons. The van der Waals surface area contributed by atoms with Crippen LogP contribution in [0.15, 0.2) is 10.7 Å². The van der Waals surface area contributed by atoms with Crippen LogP contribution in [0.25, 0.3) is 0 Å². The average molecular weight is 168 g/mol. The summed E-state index contributed by atoms with van der Waals surface area (Å²) in [5.41, 5.74) is 1.16. The molecule has 0 amide bonds. The first-order chi connectivity index (χ1) is 5.75. The van der Waals surface area contributed by atoms with Gasteiger partial charge in [-0.1, -0.05) is 12.1 Å². The van der Waals surface area contributed by atoms with E-state index in [1.165, 1.54) is 0 Å². The van der Waals surface area contributed by atoms with Crippen LogP contribution in [0.1, 0.15) is 37.6 Å². The summed E-state index contributed by atoms with van der Waals surface area (Å²) < 4.78 is 4.98. The summed E-state index contributed by atoms with van der Waals surface area (Å²) >= 11 is 0. The molecule has 1 unspecified atom stereocenters. The molecule has 1 N–H and O–H groups in total. The van der Waals surface area contributed by atoms with Crippen molar-refractivity contribution in [3.05, 3.63) is 17.5 Å². The Kier molecular flexibility index (Phi) is 3.29. The van der Waals surface area contributed by atoms with Crippen molar-refractivity contribution in [3.8, 4) is 0 Å². The van der Waals surface area contributed by atoms with Crippen LogP contribution in [-0.4, -0.2) is 11.7 Å². The minimum Gasteiger partial charge on any atom is -0.361 e. The Morgan fingerprint density at radius 1 is 1.67 bits per heavy atom. The summed E-state index contributed by atoms with van der Waals surface area (Å²) in [6.45, 7) is 7.24. The van der Waals surface area contributed by atoms with Gasteiger partial charge in [0, 0.05) is 11.6 Å². The van der Waals surface area contributed by atoms with Crippen molar-refractivity contribution in [2.45, 2.75) is 33.2 Å². The Labute approximate surface area is 73.1 Å². The number of nitrogens with zero attached hydrogens (tertiary/aromatic N) is 1. The lowest BCUT2D eigenvalue weighted by Crippen LogP contribution is -2.19. The molecule has 3 heteroatoms. The topological polar surface area (TPSA) is 38.1 Å². The summed E-state index contributed by atoms with van der Waals surface area (Å²) in [4.78, 5) is 0. The first-order valence-corrected chi connectivity index (χ1v) is 4.40. The molecule has 0 aliphatic rings. The predicted octanol–water partition coefficient (Wildman–Crippen LogP) is 2.04. The normalized spacial score (nSPS) is 13.2. The average Bonchev–Trinajstić information content (AvgIpc) is 2.47. The van der Waals surface area contributed by atoms with E-state index in [9.17, 15) is 0 Å². The Balaban J connectivity index is 2.52. The van der Waals surface area contributed by atoms with Gasteiger partial charge in [-0.15, -0.1) is 0 Å². The second-order valence-corrected chi connectivity index (χ2v) is 3.01. The standard InChI is InChI=1S/C9H16N2O/c1-4-5-10-7(2)9-6-11-12-8(9)3/h6-7,10H,4-5H2,1-3H3.